The number of nitrogens with zero attached hydrogens (tertiary/aromatic N) is 1. The number of hydrogen-bond donors (Lipinski definition) is 0. The molecule has 1 fully saturated rings. The third kappa shape index (κ3) is 3.15. The molecule has 1 aromatic carbocycles. The van der Waals surface area contributed by atoms with Crippen LogP contribution in [-0.4, -0.2) is 30.3 Å². The molecule has 1 saturated carbocycles. The normalized spacial score (nSPS) is 26.1. The predicted octanol–water partition coefficient (Wildman–Crippen LogP) is 3.59. The Morgan fingerprint density at radius 1 is 1.33 bits per heavy atom. The molecule has 4 heteroatoms. The molecule has 0 aromatic heterocycles. The van der Waals surface area contributed by atoms with E-state index in [0.29, 0.717) is 5.92 Å². The lowest BCUT2D eigenvalue weighted by Crippen LogP contribution is -2.54. The van der Waals surface area contributed by atoms with E-state index in [0.717, 1.165) is 25.7 Å². The number of hydrogen-bond acceptors (Lipinski definition) is 2. The van der Waals surface area contributed by atoms with Gasteiger partial charge in [0.2, 0.25) is 0 Å². The maximum absolute atomic E-state index is 13.8. The van der Waals surface area contributed by atoms with Gasteiger partial charge in [-0.25, -0.2) is 8.78 Å². The zero-order valence-corrected chi connectivity index (χ0v) is 13.0. The third-order valence-electron chi connectivity index (χ3n) is 4.75. The second-order valence-corrected chi connectivity index (χ2v) is 6.43. The molecule has 0 radical (unpaired) electrons. The molecule has 0 heterocycles. The Labute approximate surface area is 125 Å². The zero-order valence-electron chi connectivity index (χ0n) is 13.0. The number of halogens is 2. The van der Waals surface area contributed by atoms with Gasteiger partial charge in [-0.05, 0) is 45.0 Å². The summed E-state index contributed by atoms with van der Waals surface area (Å²) in [6.07, 6.45) is 3.43. The van der Waals surface area contributed by atoms with E-state index < -0.39 is 17.2 Å². The minimum atomic E-state index is -0.638. The van der Waals surface area contributed by atoms with Crippen molar-refractivity contribution in [3.8, 4) is 0 Å². The molecule has 116 valence electrons. The fourth-order valence-electron chi connectivity index (χ4n) is 3.46. The summed E-state index contributed by atoms with van der Waals surface area (Å²) in [6.45, 7) is 2.13. The van der Waals surface area contributed by atoms with Crippen molar-refractivity contribution in [1.82, 2.24) is 4.90 Å². The predicted molar refractivity (Wildman–Crippen MR) is 79.1 cm³/mol. The Morgan fingerprint density at radius 2 is 1.95 bits per heavy atom. The molecule has 1 aliphatic rings. The van der Waals surface area contributed by atoms with Crippen LogP contribution in [0.5, 0.6) is 0 Å². The molecule has 2 nitrogen and oxygen atoms in total. The Balaban J connectivity index is 2.28. The van der Waals surface area contributed by atoms with Crippen molar-refractivity contribution in [2.45, 2.75) is 44.6 Å². The lowest BCUT2D eigenvalue weighted by Gasteiger charge is -2.44. The van der Waals surface area contributed by atoms with Crippen molar-refractivity contribution >= 4 is 5.78 Å². The van der Waals surface area contributed by atoms with Crippen LogP contribution in [0, 0.1) is 17.6 Å². The summed E-state index contributed by atoms with van der Waals surface area (Å²) in [5.74, 6) is -0.902. The highest BCUT2D eigenvalue weighted by Gasteiger charge is 2.43. The van der Waals surface area contributed by atoms with Crippen LogP contribution < -0.4 is 0 Å². The maximum atomic E-state index is 13.8. The molecule has 0 saturated heterocycles. The van der Waals surface area contributed by atoms with Crippen molar-refractivity contribution in [3.63, 3.8) is 0 Å². The number of rotatable bonds is 4. The minimum Gasteiger partial charge on any atom is -0.297 e. The van der Waals surface area contributed by atoms with Crippen LogP contribution in [-0.2, 0) is 11.2 Å². The molecule has 0 bridgehead atoms. The Kier molecular flexibility index (Phi) is 4.77. The fraction of sp³-hybridized carbons (Fsp3) is 0.588. The number of ketones is 1. The average Bonchev–Trinajstić information content (AvgIpc) is 2.42. The standard InChI is InChI=1S/C17H23F2NO/c1-12-6-5-9-17(11-12,20(2)3)16(21)10-13-14(18)7-4-8-15(13)19/h4,7-8,12H,5-6,9-11H2,1-3H3. The van der Waals surface area contributed by atoms with E-state index in [1.54, 1.807) is 0 Å². The smallest absolute Gasteiger partial charge is 0.157 e. The van der Waals surface area contributed by atoms with Crippen LogP contribution in [0.15, 0.2) is 18.2 Å². The van der Waals surface area contributed by atoms with Crippen LogP contribution in [0.3, 0.4) is 0 Å². The lowest BCUT2D eigenvalue weighted by molar-refractivity contribution is -0.132. The van der Waals surface area contributed by atoms with Gasteiger partial charge in [-0.2, -0.15) is 0 Å². The van der Waals surface area contributed by atoms with Gasteiger partial charge in [0, 0.05) is 12.0 Å². The van der Waals surface area contributed by atoms with Crippen LogP contribution in [0.4, 0.5) is 8.78 Å². The first-order valence-electron chi connectivity index (χ1n) is 7.50. The fourth-order valence-corrected chi connectivity index (χ4v) is 3.46. The van der Waals surface area contributed by atoms with E-state index in [4.69, 9.17) is 0 Å². The molecule has 2 atom stereocenters. The topological polar surface area (TPSA) is 20.3 Å². The molecular formula is C17H23F2NO. The molecule has 1 aromatic rings. The summed E-state index contributed by atoms with van der Waals surface area (Å²) in [5, 5.41) is 0. The number of carbonyl (C=O) groups is 1. The Hall–Kier alpha value is -1.29. The SMILES string of the molecule is CC1CCCC(C(=O)Cc2c(F)cccc2F)(N(C)C)C1. The quantitative estimate of drug-likeness (QED) is 0.846. The molecule has 0 spiro atoms. The summed E-state index contributed by atoms with van der Waals surface area (Å²) in [6, 6.07) is 3.73. The van der Waals surface area contributed by atoms with E-state index >= 15 is 0 Å². The van der Waals surface area contributed by atoms with Crippen molar-refractivity contribution in [2.75, 3.05) is 14.1 Å². The second kappa shape index (κ2) is 6.22. The summed E-state index contributed by atoms with van der Waals surface area (Å²) in [4.78, 5) is 14.7. The number of Topliss-reactive ketones (excluding diaryl/α,β-unsaturated/α-hetero) is 1. The number of carbonyl (C=O) groups excluding carboxylic acids is 1. The van der Waals surface area contributed by atoms with Gasteiger partial charge in [-0.15, -0.1) is 0 Å². The van der Waals surface area contributed by atoms with E-state index in [1.807, 2.05) is 19.0 Å². The summed E-state index contributed by atoms with van der Waals surface area (Å²) in [7, 11) is 3.77. The minimum absolute atomic E-state index is 0.0805. The third-order valence-corrected chi connectivity index (χ3v) is 4.75. The average molecular weight is 295 g/mol. The molecule has 1 aliphatic carbocycles. The van der Waals surface area contributed by atoms with Crippen molar-refractivity contribution in [3.05, 3.63) is 35.4 Å². The highest BCUT2D eigenvalue weighted by Crippen LogP contribution is 2.37. The lowest BCUT2D eigenvalue weighted by atomic mass is 9.72. The Morgan fingerprint density at radius 3 is 2.48 bits per heavy atom. The zero-order chi connectivity index (χ0) is 15.6. The molecule has 0 N–H and O–H groups in total. The highest BCUT2D eigenvalue weighted by atomic mass is 19.1. The van der Waals surface area contributed by atoms with E-state index in [1.165, 1.54) is 18.2 Å². The first kappa shape index (κ1) is 16.1. The largest absolute Gasteiger partial charge is 0.297 e. The van der Waals surface area contributed by atoms with Gasteiger partial charge in [-0.1, -0.05) is 25.8 Å². The van der Waals surface area contributed by atoms with Gasteiger partial charge >= 0.3 is 0 Å². The maximum Gasteiger partial charge on any atom is 0.157 e. The summed E-state index contributed by atoms with van der Waals surface area (Å²) >= 11 is 0. The number of likely N-dealkylation sites (N-methyl/N-ethyl adjacent to an activating group) is 1. The molecular weight excluding hydrogens is 272 g/mol. The van der Waals surface area contributed by atoms with Gasteiger partial charge in [0.25, 0.3) is 0 Å². The van der Waals surface area contributed by atoms with Crippen molar-refractivity contribution in [2.24, 2.45) is 5.92 Å². The highest BCUT2D eigenvalue weighted by molar-refractivity contribution is 5.90. The monoisotopic (exact) mass is 295 g/mol. The Bertz CT molecular complexity index is 509. The van der Waals surface area contributed by atoms with Gasteiger partial charge in [0.15, 0.2) is 5.78 Å². The summed E-state index contributed by atoms with van der Waals surface area (Å²) in [5.41, 5.74) is -0.700. The van der Waals surface area contributed by atoms with E-state index in [2.05, 4.69) is 6.92 Å². The van der Waals surface area contributed by atoms with E-state index in [9.17, 15) is 13.6 Å². The first-order valence-corrected chi connectivity index (χ1v) is 7.50. The van der Waals surface area contributed by atoms with Crippen LogP contribution in [0.1, 0.15) is 38.2 Å². The molecule has 0 amide bonds. The molecule has 2 unspecified atom stereocenters. The van der Waals surface area contributed by atoms with Gasteiger partial charge in [0.1, 0.15) is 11.6 Å². The molecule has 21 heavy (non-hydrogen) atoms. The van der Waals surface area contributed by atoms with Gasteiger partial charge in [0.05, 0.1) is 5.54 Å². The molecule has 2 rings (SSSR count). The second-order valence-electron chi connectivity index (χ2n) is 6.43. The van der Waals surface area contributed by atoms with Crippen LogP contribution in [0.2, 0.25) is 0 Å². The van der Waals surface area contributed by atoms with Crippen molar-refractivity contribution in [1.29, 1.82) is 0 Å². The van der Waals surface area contributed by atoms with Crippen molar-refractivity contribution < 1.29 is 13.6 Å². The van der Waals surface area contributed by atoms with E-state index in [-0.39, 0.29) is 17.8 Å². The number of benzene rings is 1. The molecule has 0 aliphatic heterocycles. The summed E-state index contributed by atoms with van der Waals surface area (Å²) < 4.78 is 27.5. The van der Waals surface area contributed by atoms with Crippen LogP contribution in [0.25, 0.3) is 0 Å². The van der Waals surface area contributed by atoms with Gasteiger partial charge in [-0.3, -0.25) is 9.69 Å². The van der Waals surface area contributed by atoms with Crippen LogP contribution >= 0.6 is 0 Å². The van der Waals surface area contributed by atoms with Gasteiger partial charge < -0.3 is 0 Å². The first-order chi connectivity index (χ1) is 9.86.